The lowest BCUT2D eigenvalue weighted by molar-refractivity contribution is 0.306. The van der Waals surface area contributed by atoms with Crippen LogP contribution < -0.4 is 15.2 Å². The first kappa shape index (κ1) is 19.4. The maximum Gasteiger partial charge on any atom is 0.244 e. The molecule has 4 rings (SSSR count). The highest BCUT2D eigenvalue weighted by Crippen LogP contribution is 2.43. The number of nitrogens with zero attached hydrogens (tertiary/aromatic N) is 2. The maximum atomic E-state index is 9.64. The lowest BCUT2D eigenvalue weighted by Crippen LogP contribution is -2.21. The highest BCUT2D eigenvalue weighted by molar-refractivity contribution is 9.10. The Morgan fingerprint density at radius 2 is 2.07 bits per heavy atom. The maximum absolute atomic E-state index is 9.64. The lowest BCUT2D eigenvalue weighted by atomic mass is 9.84. The molecule has 0 fully saturated rings. The van der Waals surface area contributed by atoms with E-state index < -0.39 is 5.92 Å². The second kappa shape index (κ2) is 7.82. The van der Waals surface area contributed by atoms with E-state index in [0.717, 1.165) is 26.9 Å². The van der Waals surface area contributed by atoms with Gasteiger partial charge in [-0.05, 0) is 42.3 Å². The number of hydrogen-bond donors (Lipinski definition) is 2. The fraction of sp³-hybridized carbons (Fsp3) is 0.143. The summed E-state index contributed by atoms with van der Waals surface area (Å²) in [5.41, 5.74) is 9.68. The molecular formula is C21H16BrClN4O2. The molecule has 146 valence electrons. The Bertz CT molecular complexity index is 1150. The van der Waals surface area contributed by atoms with Crippen molar-refractivity contribution in [3.05, 3.63) is 85.8 Å². The van der Waals surface area contributed by atoms with Crippen LogP contribution in [0.15, 0.2) is 58.4 Å². The number of fused-ring (bicyclic) bond motifs is 1. The monoisotopic (exact) mass is 470 g/mol. The summed E-state index contributed by atoms with van der Waals surface area (Å²) in [6, 6.07) is 15.5. The molecule has 0 unspecified atom stereocenters. The SMILES string of the molecule is Cc1[nH]nc2c1[C@@H](c1ccc(OCc3ccc(Br)cc3)c(Cl)c1)C(C#N)=C(N)O2. The second-order valence-electron chi connectivity index (χ2n) is 6.60. The fourth-order valence-electron chi connectivity index (χ4n) is 3.29. The number of hydrogen-bond acceptors (Lipinski definition) is 5. The van der Waals surface area contributed by atoms with E-state index in [1.54, 1.807) is 12.1 Å². The normalized spacial score (nSPS) is 15.4. The molecule has 29 heavy (non-hydrogen) atoms. The van der Waals surface area contributed by atoms with Gasteiger partial charge in [0, 0.05) is 15.7 Å². The largest absolute Gasteiger partial charge is 0.487 e. The number of rotatable bonds is 4. The third-order valence-corrected chi connectivity index (χ3v) is 5.55. The van der Waals surface area contributed by atoms with Gasteiger partial charge in [-0.25, -0.2) is 0 Å². The Hall–Kier alpha value is -2.95. The van der Waals surface area contributed by atoms with Gasteiger partial charge in [-0.1, -0.05) is 45.7 Å². The molecule has 8 heteroatoms. The van der Waals surface area contributed by atoms with Crippen LogP contribution in [0.2, 0.25) is 5.02 Å². The van der Waals surface area contributed by atoms with Gasteiger partial charge in [0.25, 0.3) is 0 Å². The van der Waals surface area contributed by atoms with Gasteiger partial charge in [-0.2, -0.15) is 5.26 Å². The predicted molar refractivity (Wildman–Crippen MR) is 113 cm³/mol. The standard InChI is InChI=1S/C21H16BrClN4O2/c1-11-18-19(15(9-24)20(25)29-21(18)27-26-11)13-4-7-17(16(23)8-13)28-10-12-2-5-14(22)6-3-12/h2-8,19H,10,25H2,1H3,(H,26,27)/t19-/m0/s1. The van der Waals surface area contributed by atoms with E-state index in [4.69, 9.17) is 26.8 Å². The van der Waals surface area contributed by atoms with Crippen LogP contribution in [0.3, 0.4) is 0 Å². The van der Waals surface area contributed by atoms with Crippen molar-refractivity contribution in [1.82, 2.24) is 10.2 Å². The summed E-state index contributed by atoms with van der Waals surface area (Å²) in [6.07, 6.45) is 0. The summed E-state index contributed by atoms with van der Waals surface area (Å²) < 4.78 is 12.4. The summed E-state index contributed by atoms with van der Waals surface area (Å²) in [4.78, 5) is 0. The second-order valence-corrected chi connectivity index (χ2v) is 7.92. The molecule has 1 aliphatic rings. The summed E-state index contributed by atoms with van der Waals surface area (Å²) in [5.74, 6) is 0.560. The Kier molecular flexibility index (Phi) is 5.22. The molecule has 1 aromatic heterocycles. The molecule has 1 aliphatic heterocycles. The van der Waals surface area contributed by atoms with E-state index >= 15 is 0 Å². The molecule has 0 amide bonds. The molecule has 0 radical (unpaired) electrons. The Morgan fingerprint density at radius 3 is 2.76 bits per heavy atom. The van der Waals surface area contributed by atoms with Crippen LogP contribution in [-0.4, -0.2) is 10.2 Å². The molecule has 6 nitrogen and oxygen atoms in total. The number of nitrogens with one attached hydrogen (secondary N) is 1. The number of halogens is 2. The zero-order valence-electron chi connectivity index (χ0n) is 15.4. The van der Waals surface area contributed by atoms with Gasteiger partial charge in [0.15, 0.2) is 0 Å². The van der Waals surface area contributed by atoms with Crippen molar-refractivity contribution in [2.45, 2.75) is 19.4 Å². The first-order valence-corrected chi connectivity index (χ1v) is 9.94. The summed E-state index contributed by atoms with van der Waals surface area (Å²) in [6.45, 7) is 2.26. The van der Waals surface area contributed by atoms with Crippen molar-refractivity contribution < 1.29 is 9.47 Å². The van der Waals surface area contributed by atoms with Gasteiger partial charge >= 0.3 is 0 Å². The minimum Gasteiger partial charge on any atom is -0.487 e. The number of aromatic amines is 1. The predicted octanol–water partition coefficient (Wildman–Crippen LogP) is 4.93. The number of aryl methyl sites for hydroxylation is 1. The molecule has 0 bridgehead atoms. The van der Waals surface area contributed by atoms with Gasteiger partial charge in [-0.3, -0.25) is 5.10 Å². The van der Waals surface area contributed by atoms with Crippen LogP contribution in [0, 0.1) is 18.3 Å². The number of aromatic nitrogens is 2. The van der Waals surface area contributed by atoms with Crippen LogP contribution in [0.1, 0.15) is 28.3 Å². The Labute approximate surface area is 181 Å². The smallest absolute Gasteiger partial charge is 0.244 e. The summed E-state index contributed by atoms with van der Waals surface area (Å²) in [5, 5.41) is 17.1. The molecule has 3 aromatic rings. The molecule has 3 N–H and O–H groups in total. The van der Waals surface area contributed by atoms with Gasteiger partial charge in [0.05, 0.1) is 10.9 Å². The van der Waals surface area contributed by atoms with Crippen LogP contribution in [-0.2, 0) is 6.61 Å². The molecule has 0 aliphatic carbocycles. The van der Waals surface area contributed by atoms with Gasteiger partial charge in [0.1, 0.15) is 24.0 Å². The Balaban J connectivity index is 1.64. The van der Waals surface area contributed by atoms with Crippen molar-refractivity contribution in [3.8, 4) is 17.7 Å². The highest BCUT2D eigenvalue weighted by atomic mass is 79.9. The minimum absolute atomic E-state index is 0.0446. The molecule has 2 aromatic carbocycles. The van der Waals surface area contributed by atoms with E-state index in [-0.39, 0.29) is 5.88 Å². The average Bonchev–Trinajstić information content (AvgIpc) is 3.07. The Morgan fingerprint density at radius 1 is 1.31 bits per heavy atom. The quantitative estimate of drug-likeness (QED) is 0.562. The molecule has 1 atom stereocenters. The zero-order valence-corrected chi connectivity index (χ0v) is 17.7. The van der Waals surface area contributed by atoms with Crippen molar-refractivity contribution in [2.75, 3.05) is 0 Å². The molecular weight excluding hydrogens is 456 g/mol. The first-order chi connectivity index (χ1) is 14.0. The number of nitriles is 1. The fourth-order valence-corrected chi connectivity index (χ4v) is 3.80. The van der Waals surface area contributed by atoms with Crippen LogP contribution in [0.5, 0.6) is 11.6 Å². The molecule has 0 spiro atoms. The highest BCUT2D eigenvalue weighted by Gasteiger charge is 2.34. The first-order valence-electron chi connectivity index (χ1n) is 8.77. The number of nitrogens with two attached hydrogens (primary N) is 1. The van der Waals surface area contributed by atoms with E-state index in [1.807, 2.05) is 37.3 Å². The van der Waals surface area contributed by atoms with Crippen molar-refractivity contribution >= 4 is 27.5 Å². The topological polar surface area (TPSA) is 97.0 Å². The van der Waals surface area contributed by atoms with Crippen molar-refractivity contribution in [3.63, 3.8) is 0 Å². The number of allylic oxidation sites excluding steroid dienone is 1. The van der Waals surface area contributed by atoms with Crippen molar-refractivity contribution in [2.24, 2.45) is 5.73 Å². The molecule has 0 saturated carbocycles. The summed E-state index contributed by atoms with van der Waals surface area (Å²) in [7, 11) is 0. The minimum atomic E-state index is -0.416. The third kappa shape index (κ3) is 3.69. The van der Waals surface area contributed by atoms with Crippen LogP contribution in [0.25, 0.3) is 0 Å². The number of H-pyrrole nitrogens is 1. The number of ether oxygens (including phenoxy) is 2. The van der Waals surface area contributed by atoms with Crippen LogP contribution >= 0.6 is 27.5 Å². The van der Waals surface area contributed by atoms with Crippen LogP contribution in [0.4, 0.5) is 0 Å². The molecule has 0 saturated heterocycles. The van der Waals surface area contributed by atoms with E-state index in [9.17, 15) is 5.26 Å². The third-order valence-electron chi connectivity index (χ3n) is 4.73. The van der Waals surface area contributed by atoms with Gasteiger partial charge in [0.2, 0.25) is 11.8 Å². The zero-order chi connectivity index (χ0) is 20.5. The van der Waals surface area contributed by atoms with Crippen molar-refractivity contribution in [1.29, 1.82) is 5.26 Å². The van der Waals surface area contributed by atoms with Gasteiger partial charge in [-0.15, -0.1) is 5.10 Å². The lowest BCUT2D eigenvalue weighted by Gasteiger charge is -2.24. The van der Waals surface area contributed by atoms with E-state index in [0.29, 0.717) is 28.8 Å². The average molecular weight is 472 g/mol. The van der Waals surface area contributed by atoms with E-state index in [1.165, 1.54) is 0 Å². The van der Waals surface area contributed by atoms with E-state index in [2.05, 4.69) is 32.2 Å². The molecule has 2 heterocycles. The van der Waals surface area contributed by atoms with Gasteiger partial charge < -0.3 is 15.2 Å². The summed E-state index contributed by atoms with van der Waals surface area (Å²) >= 11 is 9.91. The number of benzene rings is 2.